The van der Waals surface area contributed by atoms with E-state index in [1.165, 1.54) is 6.07 Å². The van der Waals surface area contributed by atoms with Gasteiger partial charge in [-0.1, -0.05) is 29.8 Å². The maximum absolute atomic E-state index is 12.2. The zero-order valence-corrected chi connectivity index (χ0v) is 13.1. The fraction of sp³-hybridized carbons (Fsp3) is 0.158. The molecule has 0 radical (unpaired) electrons. The molecule has 1 aromatic heterocycles. The van der Waals surface area contributed by atoms with Crippen LogP contribution in [0.3, 0.4) is 0 Å². The predicted molar refractivity (Wildman–Crippen MR) is 89.6 cm³/mol. The van der Waals surface area contributed by atoms with Crippen molar-refractivity contribution in [1.29, 1.82) is 0 Å². The largest absolute Gasteiger partial charge is 0.423 e. The first kappa shape index (κ1) is 15.0. The molecule has 23 heavy (non-hydrogen) atoms. The first-order chi connectivity index (χ1) is 11.0. The minimum absolute atomic E-state index is 0.165. The molecule has 3 rings (SSSR count). The Morgan fingerprint density at radius 2 is 1.83 bits per heavy atom. The molecule has 1 amide bonds. The molecule has 4 heteroatoms. The van der Waals surface area contributed by atoms with Crippen LogP contribution >= 0.6 is 0 Å². The zero-order valence-electron chi connectivity index (χ0n) is 13.1. The van der Waals surface area contributed by atoms with Gasteiger partial charge >= 0.3 is 5.63 Å². The third-order valence-corrected chi connectivity index (χ3v) is 3.71. The van der Waals surface area contributed by atoms with Gasteiger partial charge in [0.2, 0.25) is 0 Å². The number of carbonyl (C=O) groups excluding carboxylic acids is 1. The van der Waals surface area contributed by atoms with Crippen molar-refractivity contribution >= 4 is 16.9 Å². The molecule has 0 fully saturated rings. The molecule has 2 aromatic carbocycles. The summed E-state index contributed by atoms with van der Waals surface area (Å²) < 4.78 is 5.22. The lowest BCUT2D eigenvalue weighted by Gasteiger charge is -2.08. The Labute approximate surface area is 133 Å². The van der Waals surface area contributed by atoms with Gasteiger partial charge in [-0.25, -0.2) is 4.79 Å². The second-order valence-electron chi connectivity index (χ2n) is 5.64. The van der Waals surface area contributed by atoms with E-state index in [1.54, 1.807) is 6.07 Å². The number of carbonyl (C=O) groups is 1. The lowest BCUT2D eigenvalue weighted by Crippen LogP contribution is -2.23. The molecule has 4 nitrogen and oxygen atoms in total. The van der Waals surface area contributed by atoms with Gasteiger partial charge in [0.05, 0.1) is 0 Å². The second kappa shape index (κ2) is 6.08. The molecular weight excluding hydrogens is 290 g/mol. The van der Waals surface area contributed by atoms with Gasteiger partial charge in [-0.15, -0.1) is 0 Å². The molecule has 0 aliphatic rings. The molecule has 0 atom stereocenters. The van der Waals surface area contributed by atoms with Crippen molar-refractivity contribution in [2.45, 2.75) is 20.4 Å². The average Bonchev–Trinajstić information content (AvgIpc) is 2.51. The molecule has 1 heterocycles. The molecule has 0 spiro atoms. The summed E-state index contributed by atoms with van der Waals surface area (Å²) in [6.45, 7) is 4.15. The highest BCUT2D eigenvalue weighted by Crippen LogP contribution is 2.18. The third-order valence-electron chi connectivity index (χ3n) is 3.71. The Hall–Kier alpha value is -2.88. The second-order valence-corrected chi connectivity index (χ2v) is 5.64. The summed E-state index contributed by atoms with van der Waals surface area (Å²) in [7, 11) is 0. The van der Waals surface area contributed by atoms with Crippen molar-refractivity contribution < 1.29 is 9.21 Å². The number of amides is 1. The van der Waals surface area contributed by atoms with Gasteiger partial charge < -0.3 is 9.73 Å². The lowest BCUT2D eigenvalue weighted by atomic mass is 10.1. The smallest absolute Gasteiger partial charge is 0.336 e. The number of aryl methyl sites for hydroxylation is 2. The minimum atomic E-state index is -0.414. The normalized spacial score (nSPS) is 10.7. The Balaban J connectivity index is 1.87. The maximum Gasteiger partial charge on any atom is 0.336 e. The average molecular weight is 307 g/mol. The summed E-state index contributed by atoms with van der Waals surface area (Å²) in [5.41, 5.74) is 3.52. The Bertz CT molecular complexity index is 941. The molecule has 116 valence electrons. The van der Waals surface area contributed by atoms with Gasteiger partial charge in [0, 0.05) is 23.6 Å². The molecule has 1 N–H and O–H groups in total. The number of hydrogen-bond donors (Lipinski definition) is 1. The highest BCUT2D eigenvalue weighted by Gasteiger charge is 2.09. The van der Waals surface area contributed by atoms with Crippen LogP contribution in [-0.2, 0) is 6.54 Å². The van der Waals surface area contributed by atoms with Crippen molar-refractivity contribution in [3.8, 4) is 0 Å². The van der Waals surface area contributed by atoms with Crippen LogP contribution in [0.4, 0.5) is 0 Å². The number of benzene rings is 2. The van der Waals surface area contributed by atoms with Crippen LogP contribution in [0, 0.1) is 13.8 Å². The van der Waals surface area contributed by atoms with E-state index in [9.17, 15) is 9.59 Å². The van der Waals surface area contributed by atoms with E-state index >= 15 is 0 Å². The van der Waals surface area contributed by atoms with E-state index in [0.717, 1.165) is 22.1 Å². The molecule has 0 aliphatic heterocycles. The number of hydrogen-bond acceptors (Lipinski definition) is 3. The van der Waals surface area contributed by atoms with Gasteiger partial charge in [-0.3, -0.25) is 4.79 Å². The quantitative estimate of drug-likeness (QED) is 0.755. The third kappa shape index (κ3) is 3.31. The van der Waals surface area contributed by atoms with E-state index < -0.39 is 5.63 Å². The minimum Gasteiger partial charge on any atom is -0.423 e. The Morgan fingerprint density at radius 3 is 2.61 bits per heavy atom. The summed E-state index contributed by atoms with van der Waals surface area (Å²) in [5, 5.41) is 3.69. The summed E-state index contributed by atoms with van der Waals surface area (Å²) in [4.78, 5) is 23.9. The topological polar surface area (TPSA) is 59.3 Å². The molecule has 0 aliphatic carbocycles. The standard InChI is InChI=1S/C19H17NO3/c1-12-4-3-5-14(8-12)19(22)20-11-15-10-18(21)23-17-9-13(2)6-7-16(15)17/h3-10H,11H2,1-2H3,(H,20,22). The summed E-state index contributed by atoms with van der Waals surface area (Å²) in [6, 6.07) is 14.5. The lowest BCUT2D eigenvalue weighted by molar-refractivity contribution is 0.0951. The van der Waals surface area contributed by atoms with E-state index in [0.29, 0.717) is 11.1 Å². The fourth-order valence-electron chi connectivity index (χ4n) is 2.55. The maximum atomic E-state index is 12.2. The van der Waals surface area contributed by atoms with Gasteiger partial charge in [-0.05, 0) is 43.2 Å². The molecular formula is C19H17NO3. The van der Waals surface area contributed by atoms with Crippen molar-refractivity contribution in [2.24, 2.45) is 0 Å². The predicted octanol–water partition coefficient (Wildman–Crippen LogP) is 3.34. The number of nitrogens with one attached hydrogen (secondary N) is 1. The molecule has 0 bridgehead atoms. The van der Waals surface area contributed by atoms with Crippen molar-refractivity contribution in [1.82, 2.24) is 5.32 Å². The monoisotopic (exact) mass is 307 g/mol. The van der Waals surface area contributed by atoms with Crippen LogP contribution in [0.1, 0.15) is 27.0 Å². The van der Waals surface area contributed by atoms with Crippen LogP contribution in [-0.4, -0.2) is 5.91 Å². The van der Waals surface area contributed by atoms with E-state index in [1.807, 2.05) is 50.2 Å². The molecule has 0 unspecified atom stereocenters. The van der Waals surface area contributed by atoms with Gasteiger partial charge in [-0.2, -0.15) is 0 Å². The highest BCUT2D eigenvalue weighted by molar-refractivity contribution is 5.94. The van der Waals surface area contributed by atoms with Crippen LogP contribution in [0.15, 0.2) is 57.7 Å². The van der Waals surface area contributed by atoms with E-state index in [2.05, 4.69) is 5.32 Å². The molecule has 3 aromatic rings. The van der Waals surface area contributed by atoms with Gasteiger partial charge in [0.15, 0.2) is 0 Å². The van der Waals surface area contributed by atoms with E-state index in [4.69, 9.17) is 4.42 Å². The van der Waals surface area contributed by atoms with Crippen LogP contribution < -0.4 is 10.9 Å². The van der Waals surface area contributed by atoms with Crippen LogP contribution in [0.5, 0.6) is 0 Å². The molecule has 0 saturated heterocycles. The Morgan fingerprint density at radius 1 is 1.04 bits per heavy atom. The summed E-state index contributed by atoms with van der Waals surface area (Å²) in [6.07, 6.45) is 0. The molecule has 0 saturated carbocycles. The van der Waals surface area contributed by atoms with Crippen LogP contribution in [0.2, 0.25) is 0 Å². The first-order valence-corrected chi connectivity index (χ1v) is 7.41. The Kier molecular flexibility index (Phi) is 3.98. The zero-order chi connectivity index (χ0) is 16.4. The number of fused-ring (bicyclic) bond motifs is 1. The fourth-order valence-corrected chi connectivity index (χ4v) is 2.55. The SMILES string of the molecule is Cc1cccc(C(=O)NCc2cc(=O)oc3cc(C)ccc23)c1. The number of rotatable bonds is 3. The van der Waals surface area contributed by atoms with Crippen LogP contribution in [0.25, 0.3) is 11.0 Å². The summed E-state index contributed by atoms with van der Waals surface area (Å²) in [5.74, 6) is -0.165. The van der Waals surface area contributed by atoms with Gasteiger partial charge in [0.1, 0.15) is 5.58 Å². The summed E-state index contributed by atoms with van der Waals surface area (Å²) >= 11 is 0. The van der Waals surface area contributed by atoms with Crippen molar-refractivity contribution in [3.05, 3.63) is 81.2 Å². The van der Waals surface area contributed by atoms with E-state index in [-0.39, 0.29) is 12.5 Å². The highest BCUT2D eigenvalue weighted by atomic mass is 16.4. The van der Waals surface area contributed by atoms with Gasteiger partial charge in [0.25, 0.3) is 5.91 Å². The van der Waals surface area contributed by atoms with Crippen molar-refractivity contribution in [2.75, 3.05) is 0 Å². The van der Waals surface area contributed by atoms with Crippen molar-refractivity contribution in [3.63, 3.8) is 0 Å². The first-order valence-electron chi connectivity index (χ1n) is 7.41.